The monoisotopic (exact) mass is 290 g/mol. The lowest BCUT2D eigenvalue weighted by Gasteiger charge is -2.15. The number of hydrogen-bond acceptors (Lipinski definition) is 5. The van der Waals surface area contributed by atoms with Gasteiger partial charge in [-0.1, -0.05) is 0 Å². The van der Waals surface area contributed by atoms with Gasteiger partial charge in [-0.05, 0) is 24.1 Å². The number of hydrogen-bond donors (Lipinski definition) is 2. The molecule has 0 bridgehead atoms. The van der Waals surface area contributed by atoms with Crippen LogP contribution >= 0.6 is 0 Å². The third-order valence-electron chi connectivity index (χ3n) is 3.58. The number of anilines is 2. The molecule has 7 heteroatoms. The maximum absolute atomic E-state index is 14.2. The van der Waals surface area contributed by atoms with E-state index in [1.165, 1.54) is 13.2 Å². The molecule has 0 fully saturated rings. The largest absolute Gasteiger partial charge is 0.491 e. The third-order valence-corrected chi connectivity index (χ3v) is 3.58. The Hall–Kier alpha value is -2.70. The summed E-state index contributed by atoms with van der Waals surface area (Å²) in [5.74, 6) is -1.25. The van der Waals surface area contributed by atoms with Crippen LogP contribution in [0.25, 0.3) is 0 Å². The van der Waals surface area contributed by atoms with E-state index < -0.39 is 22.6 Å². The van der Waals surface area contributed by atoms with Crippen molar-refractivity contribution in [2.75, 3.05) is 12.4 Å². The molecule has 21 heavy (non-hydrogen) atoms. The summed E-state index contributed by atoms with van der Waals surface area (Å²) < 4.78 is 18.9. The summed E-state index contributed by atoms with van der Waals surface area (Å²) in [5, 5.41) is 5.14. The van der Waals surface area contributed by atoms with Gasteiger partial charge < -0.3 is 15.4 Å². The van der Waals surface area contributed by atoms with Crippen LogP contribution in [0.1, 0.15) is 21.5 Å². The average molecular weight is 290 g/mol. The molecule has 0 atom stereocenters. The Bertz CT molecular complexity index is 850. The number of fused-ring (bicyclic) bond motifs is 1. The van der Waals surface area contributed by atoms with Crippen LogP contribution in [-0.4, -0.2) is 13.0 Å². The molecule has 2 aromatic carbocycles. The van der Waals surface area contributed by atoms with Crippen molar-refractivity contribution in [3.63, 3.8) is 0 Å². The maximum Gasteiger partial charge on any atom is 0.272 e. The maximum atomic E-state index is 14.2. The van der Waals surface area contributed by atoms with Crippen molar-refractivity contribution in [3.05, 3.63) is 49.0 Å². The normalized spacial score (nSPS) is 13.2. The van der Waals surface area contributed by atoms with E-state index in [4.69, 9.17) is 4.74 Å². The summed E-state index contributed by atoms with van der Waals surface area (Å²) in [6.07, 6.45) is 0. The summed E-state index contributed by atoms with van der Waals surface area (Å²) in [7, 11) is 1.24. The zero-order chi connectivity index (χ0) is 15.3. The molecule has 2 aromatic rings. The van der Waals surface area contributed by atoms with Crippen LogP contribution in [0.3, 0.4) is 0 Å². The molecule has 1 aliphatic rings. The van der Waals surface area contributed by atoms with Gasteiger partial charge in [0.15, 0.2) is 5.75 Å². The molecule has 0 aliphatic carbocycles. The lowest BCUT2D eigenvalue weighted by molar-refractivity contribution is 0.0966. The molecule has 0 saturated heterocycles. The van der Waals surface area contributed by atoms with Gasteiger partial charge >= 0.3 is 0 Å². The fraction of sp³-hybridized carbons (Fsp3) is 0.214. The van der Waals surface area contributed by atoms with E-state index in [2.05, 4.69) is 10.6 Å². The molecule has 2 N–H and O–H groups in total. The fourth-order valence-electron chi connectivity index (χ4n) is 2.48. The molecule has 108 valence electrons. The van der Waals surface area contributed by atoms with Crippen molar-refractivity contribution in [2.24, 2.45) is 0 Å². The first kappa shape index (κ1) is 13.3. The quantitative estimate of drug-likeness (QED) is 0.814. The molecule has 1 aliphatic heterocycles. The van der Waals surface area contributed by atoms with Gasteiger partial charge in [-0.15, -0.1) is 0 Å². The van der Waals surface area contributed by atoms with Crippen LogP contribution in [0, 0.1) is 12.7 Å². The van der Waals surface area contributed by atoms with E-state index in [0.717, 1.165) is 0 Å². The summed E-state index contributed by atoms with van der Waals surface area (Å²) in [6, 6.07) is 1.28. The highest BCUT2D eigenvalue weighted by molar-refractivity contribution is 6.04. The fourth-order valence-corrected chi connectivity index (χ4v) is 2.48. The Morgan fingerprint density at radius 2 is 1.95 bits per heavy atom. The van der Waals surface area contributed by atoms with E-state index in [0.29, 0.717) is 17.7 Å². The number of rotatable bonds is 3. The summed E-state index contributed by atoms with van der Waals surface area (Å²) in [4.78, 5) is 34.7. The Labute approximate surface area is 118 Å². The Balaban J connectivity index is 2.15. The van der Waals surface area contributed by atoms with E-state index in [1.807, 2.05) is 0 Å². The molecule has 1 heterocycles. The molecule has 0 unspecified atom stereocenters. The number of halogens is 1. The topological polar surface area (TPSA) is 84.5 Å². The van der Waals surface area contributed by atoms with Gasteiger partial charge in [-0.25, -0.2) is 4.39 Å². The zero-order valence-electron chi connectivity index (χ0n) is 11.3. The summed E-state index contributed by atoms with van der Waals surface area (Å²) in [5.41, 5.74) is -0.344. The molecule has 0 radical (unpaired) electrons. The van der Waals surface area contributed by atoms with Gasteiger partial charge in [0.2, 0.25) is 0 Å². The van der Waals surface area contributed by atoms with Crippen molar-refractivity contribution in [1.82, 2.24) is 5.32 Å². The molecule has 0 aromatic heterocycles. The van der Waals surface area contributed by atoms with Crippen LogP contribution in [0.15, 0.2) is 15.7 Å². The highest BCUT2D eigenvalue weighted by atomic mass is 19.1. The lowest BCUT2D eigenvalue weighted by atomic mass is 10.0. The van der Waals surface area contributed by atoms with Crippen molar-refractivity contribution in [2.45, 2.75) is 13.5 Å². The highest BCUT2D eigenvalue weighted by Gasteiger charge is 2.30. The van der Waals surface area contributed by atoms with Crippen LogP contribution in [0.2, 0.25) is 0 Å². The third kappa shape index (κ3) is 1.74. The van der Waals surface area contributed by atoms with Gasteiger partial charge in [-0.2, -0.15) is 0 Å². The molecule has 6 nitrogen and oxygen atoms in total. The Morgan fingerprint density at radius 3 is 2.62 bits per heavy atom. The number of aryl methyl sites for hydroxylation is 1. The highest BCUT2D eigenvalue weighted by Crippen LogP contribution is 2.33. The molecule has 1 amide bonds. The minimum Gasteiger partial charge on any atom is -0.491 e. The minimum atomic E-state index is -0.793. The molecule has 0 saturated carbocycles. The van der Waals surface area contributed by atoms with Crippen LogP contribution in [0.4, 0.5) is 15.8 Å². The van der Waals surface area contributed by atoms with Gasteiger partial charge in [0.05, 0.1) is 18.4 Å². The standard InChI is InChI=1S/C14H11FN2O4/c1-5-3-7(15)9(8-6(5)4-16-14(8)20)17-10-11(18)12(19)13(10)21-2/h3,17H,4H2,1-2H3,(H,16,20). The van der Waals surface area contributed by atoms with Gasteiger partial charge in [0, 0.05) is 6.54 Å². The molecular formula is C14H11FN2O4. The number of ether oxygens (including phenoxy) is 1. The first-order valence-corrected chi connectivity index (χ1v) is 6.20. The SMILES string of the molecule is COc1c(Nc2c(F)cc(C)c3c2C(=O)NC3)c(=O)c1=O. The van der Waals surface area contributed by atoms with Gasteiger partial charge in [-0.3, -0.25) is 14.4 Å². The van der Waals surface area contributed by atoms with Gasteiger partial charge in [0.25, 0.3) is 16.8 Å². The first-order valence-electron chi connectivity index (χ1n) is 6.20. The van der Waals surface area contributed by atoms with Crippen molar-refractivity contribution < 1.29 is 13.9 Å². The number of methoxy groups -OCH3 is 1. The van der Waals surface area contributed by atoms with Crippen LogP contribution in [-0.2, 0) is 6.54 Å². The van der Waals surface area contributed by atoms with Gasteiger partial charge in [0.1, 0.15) is 11.5 Å². The second-order valence-electron chi connectivity index (χ2n) is 4.78. The summed E-state index contributed by atoms with van der Waals surface area (Å²) >= 11 is 0. The van der Waals surface area contributed by atoms with E-state index in [1.54, 1.807) is 6.92 Å². The van der Waals surface area contributed by atoms with Crippen LogP contribution in [0.5, 0.6) is 5.75 Å². The second-order valence-corrected chi connectivity index (χ2v) is 4.78. The predicted octanol–water partition coefficient (Wildman–Crippen LogP) is 0.726. The first-order chi connectivity index (χ1) is 9.95. The zero-order valence-corrected chi connectivity index (χ0v) is 11.3. The number of nitrogens with one attached hydrogen (secondary N) is 2. The lowest BCUT2D eigenvalue weighted by Crippen LogP contribution is -2.34. The average Bonchev–Trinajstić information content (AvgIpc) is 2.84. The van der Waals surface area contributed by atoms with E-state index >= 15 is 0 Å². The Morgan fingerprint density at radius 1 is 1.24 bits per heavy atom. The van der Waals surface area contributed by atoms with E-state index in [9.17, 15) is 18.8 Å². The Kier molecular flexibility index (Phi) is 2.79. The van der Waals surface area contributed by atoms with Crippen LogP contribution < -0.4 is 26.2 Å². The minimum absolute atomic E-state index is 0.115. The molecule has 0 spiro atoms. The number of benzene rings is 1. The predicted molar refractivity (Wildman–Crippen MR) is 73.5 cm³/mol. The molecule has 3 rings (SSSR count). The van der Waals surface area contributed by atoms with Crippen molar-refractivity contribution >= 4 is 17.3 Å². The number of carbonyl (C=O) groups is 1. The number of amides is 1. The van der Waals surface area contributed by atoms with E-state index in [-0.39, 0.29) is 22.7 Å². The smallest absolute Gasteiger partial charge is 0.272 e. The van der Waals surface area contributed by atoms with Crippen molar-refractivity contribution in [1.29, 1.82) is 0 Å². The van der Waals surface area contributed by atoms with Crippen molar-refractivity contribution in [3.8, 4) is 5.75 Å². The molecular weight excluding hydrogens is 279 g/mol. The second kappa shape index (κ2) is 4.41. The summed E-state index contributed by atoms with van der Waals surface area (Å²) in [6.45, 7) is 2.00. The number of carbonyl (C=O) groups excluding carboxylic acids is 1.